The first-order valence-corrected chi connectivity index (χ1v) is 7.27. The molecule has 1 aromatic carbocycles. The van der Waals surface area contributed by atoms with Crippen molar-refractivity contribution in [3.63, 3.8) is 0 Å². The maximum Gasteiger partial charge on any atom is 0.161 e. The molecule has 1 heterocycles. The average Bonchev–Trinajstić information content (AvgIpc) is 2.88. The lowest BCUT2D eigenvalue weighted by Gasteiger charge is -2.16. The van der Waals surface area contributed by atoms with Crippen LogP contribution in [0.4, 0.5) is 0 Å². The number of hydrogen-bond acceptors (Lipinski definition) is 4. The Morgan fingerprint density at radius 3 is 2.90 bits per heavy atom. The number of ether oxygens (including phenoxy) is 2. The Hall–Kier alpha value is -1.72. The van der Waals surface area contributed by atoms with Crippen LogP contribution in [-0.2, 0) is 6.54 Å². The van der Waals surface area contributed by atoms with Crippen molar-refractivity contribution >= 4 is 11.6 Å². The molecule has 1 aromatic heterocycles. The van der Waals surface area contributed by atoms with E-state index in [1.54, 1.807) is 25.4 Å². The third-order valence-electron chi connectivity index (χ3n) is 3.08. The molecule has 6 heteroatoms. The Kier molecular flexibility index (Phi) is 5.47. The van der Waals surface area contributed by atoms with E-state index in [1.807, 2.05) is 16.8 Å². The largest absolute Gasteiger partial charge is 0.493 e. The van der Waals surface area contributed by atoms with Crippen LogP contribution in [0.5, 0.6) is 11.5 Å². The van der Waals surface area contributed by atoms with E-state index < -0.39 is 0 Å². The van der Waals surface area contributed by atoms with Gasteiger partial charge in [-0.15, -0.1) is 0 Å². The number of aryl methyl sites for hydroxylation is 1. The van der Waals surface area contributed by atoms with Gasteiger partial charge >= 0.3 is 0 Å². The maximum atomic E-state index is 6.23. The second-order valence-corrected chi connectivity index (χ2v) is 5.13. The van der Waals surface area contributed by atoms with Crippen molar-refractivity contribution in [3.8, 4) is 11.5 Å². The molecule has 0 aliphatic heterocycles. The summed E-state index contributed by atoms with van der Waals surface area (Å²) in [6.45, 7) is 3.21. The first-order valence-electron chi connectivity index (χ1n) is 6.89. The fourth-order valence-corrected chi connectivity index (χ4v) is 2.30. The topological polar surface area (TPSA) is 62.3 Å². The summed E-state index contributed by atoms with van der Waals surface area (Å²) in [5, 5.41) is 4.94. The minimum atomic E-state index is -0.326. The smallest absolute Gasteiger partial charge is 0.161 e. The molecule has 0 bridgehead atoms. The zero-order valence-electron chi connectivity index (χ0n) is 12.3. The van der Waals surface area contributed by atoms with E-state index in [0.717, 1.165) is 18.7 Å². The lowest BCUT2D eigenvalue weighted by Crippen LogP contribution is -2.23. The molecule has 21 heavy (non-hydrogen) atoms. The van der Waals surface area contributed by atoms with Crippen molar-refractivity contribution in [3.05, 3.63) is 41.2 Å². The van der Waals surface area contributed by atoms with E-state index in [1.165, 1.54) is 0 Å². The van der Waals surface area contributed by atoms with Crippen molar-refractivity contribution in [1.82, 2.24) is 9.78 Å². The van der Waals surface area contributed by atoms with E-state index in [4.69, 9.17) is 26.8 Å². The van der Waals surface area contributed by atoms with Gasteiger partial charge in [-0.25, -0.2) is 0 Å². The highest BCUT2D eigenvalue weighted by Gasteiger charge is 2.19. The SMILES string of the molecule is CCCn1ncc(OC)c1C(N)COc1cccc(Cl)c1. The predicted molar refractivity (Wildman–Crippen MR) is 82.9 cm³/mol. The minimum Gasteiger partial charge on any atom is -0.493 e. The molecule has 0 radical (unpaired) electrons. The molecule has 2 aromatic rings. The number of nitrogens with zero attached hydrogens (tertiary/aromatic N) is 2. The maximum absolute atomic E-state index is 6.23. The average molecular weight is 310 g/mol. The van der Waals surface area contributed by atoms with Crippen LogP contribution in [0.2, 0.25) is 5.02 Å². The Bertz CT molecular complexity index is 586. The van der Waals surface area contributed by atoms with Gasteiger partial charge < -0.3 is 15.2 Å². The molecule has 1 unspecified atom stereocenters. The lowest BCUT2D eigenvalue weighted by molar-refractivity contribution is 0.279. The van der Waals surface area contributed by atoms with Crippen LogP contribution in [0.15, 0.2) is 30.5 Å². The van der Waals surface area contributed by atoms with Crippen LogP contribution in [0.3, 0.4) is 0 Å². The third-order valence-corrected chi connectivity index (χ3v) is 3.31. The van der Waals surface area contributed by atoms with Gasteiger partial charge in [0.05, 0.1) is 19.3 Å². The summed E-state index contributed by atoms with van der Waals surface area (Å²) in [5.41, 5.74) is 7.08. The molecule has 5 nitrogen and oxygen atoms in total. The van der Waals surface area contributed by atoms with E-state index in [0.29, 0.717) is 23.1 Å². The monoisotopic (exact) mass is 309 g/mol. The van der Waals surface area contributed by atoms with Crippen LogP contribution in [0.1, 0.15) is 25.1 Å². The zero-order chi connectivity index (χ0) is 15.2. The van der Waals surface area contributed by atoms with Crippen LogP contribution >= 0.6 is 11.6 Å². The number of aromatic nitrogens is 2. The summed E-state index contributed by atoms with van der Waals surface area (Å²) in [7, 11) is 1.61. The molecular weight excluding hydrogens is 290 g/mol. The third kappa shape index (κ3) is 3.89. The molecular formula is C15H20ClN3O2. The van der Waals surface area contributed by atoms with E-state index in [-0.39, 0.29) is 6.04 Å². The van der Waals surface area contributed by atoms with Crippen molar-refractivity contribution in [1.29, 1.82) is 0 Å². The quantitative estimate of drug-likeness (QED) is 0.854. The fraction of sp³-hybridized carbons (Fsp3) is 0.400. The number of halogens is 1. The highest BCUT2D eigenvalue weighted by atomic mass is 35.5. The number of methoxy groups -OCH3 is 1. The molecule has 0 fully saturated rings. The first-order chi connectivity index (χ1) is 10.2. The predicted octanol–water partition coefficient (Wildman–Crippen LogP) is 3.03. The zero-order valence-corrected chi connectivity index (χ0v) is 13.0. The first kappa shape index (κ1) is 15.7. The second-order valence-electron chi connectivity index (χ2n) is 4.70. The van der Waals surface area contributed by atoms with Gasteiger partial charge in [0, 0.05) is 11.6 Å². The molecule has 2 rings (SSSR count). The standard InChI is InChI=1S/C15H20ClN3O2/c1-3-7-19-15(14(20-2)9-18-19)13(17)10-21-12-6-4-5-11(16)8-12/h4-6,8-9,13H,3,7,10,17H2,1-2H3. The second kappa shape index (κ2) is 7.33. The fourth-order valence-electron chi connectivity index (χ4n) is 2.12. The Morgan fingerprint density at radius 2 is 2.24 bits per heavy atom. The lowest BCUT2D eigenvalue weighted by atomic mass is 10.2. The summed E-state index contributed by atoms with van der Waals surface area (Å²) >= 11 is 5.93. The molecule has 0 saturated heterocycles. The number of nitrogens with two attached hydrogens (primary N) is 1. The molecule has 0 saturated carbocycles. The van der Waals surface area contributed by atoms with Gasteiger partial charge in [0.1, 0.15) is 18.1 Å². The molecule has 1 atom stereocenters. The van der Waals surface area contributed by atoms with Crippen LogP contribution in [0, 0.1) is 0 Å². The summed E-state index contributed by atoms with van der Waals surface area (Å²) in [6.07, 6.45) is 2.66. The number of hydrogen-bond donors (Lipinski definition) is 1. The van der Waals surface area contributed by atoms with Gasteiger partial charge in [-0.1, -0.05) is 24.6 Å². The number of rotatable bonds is 7. The summed E-state index contributed by atoms with van der Waals surface area (Å²) in [5.74, 6) is 1.38. The summed E-state index contributed by atoms with van der Waals surface area (Å²) in [6, 6.07) is 6.92. The highest BCUT2D eigenvalue weighted by molar-refractivity contribution is 6.30. The van der Waals surface area contributed by atoms with Crippen LogP contribution in [0.25, 0.3) is 0 Å². The Balaban J connectivity index is 2.09. The van der Waals surface area contributed by atoms with Gasteiger partial charge in [0.15, 0.2) is 5.75 Å². The molecule has 114 valence electrons. The van der Waals surface area contributed by atoms with Crippen molar-refractivity contribution in [2.24, 2.45) is 5.73 Å². The Labute approximate surface area is 129 Å². The van der Waals surface area contributed by atoms with Gasteiger partial charge in [0.25, 0.3) is 0 Å². The van der Waals surface area contributed by atoms with Crippen molar-refractivity contribution in [2.45, 2.75) is 25.9 Å². The molecule has 0 aliphatic rings. The molecule has 0 aliphatic carbocycles. The van der Waals surface area contributed by atoms with Crippen molar-refractivity contribution in [2.75, 3.05) is 13.7 Å². The minimum absolute atomic E-state index is 0.326. The van der Waals surface area contributed by atoms with Crippen LogP contribution < -0.4 is 15.2 Å². The van der Waals surface area contributed by atoms with Crippen molar-refractivity contribution < 1.29 is 9.47 Å². The van der Waals surface area contributed by atoms with Gasteiger partial charge in [0.2, 0.25) is 0 Å². The van der Waals surface area contributed by atoms with E-state index >= 15 is 0 Å². The van der Waals surface area contributed by atoms with Crippen LogP contribution in [-0.4, -0.2) is 23.5 Å². The summed E-state index contributed by atoms with van der Waals surface area (Å²) in [4.78, 5) is 0. The van der Waals surface area contributed by atoms with E-state index in [9.17, 15) is 0 Å². The summed E-state index contributed by atoms with van der Waals surface area (Å²) < 4.78 is 12.9. The van der Waals surface area contributed by atoms with E-state index in [2.05, 4.69) is 12.0 Å². The van der Waals surface area contributed by atoms with Gasteiger partial charge in [-0.05, 0) is 24.6 Å². The normalized spacial score (nSPS) is 12.2. The molecule has 0 amide bonds. The van der Waals surface area contributed by atoms with Gasteiger partial charge in [-0.3, -0.25) is 4.68 Å². The molecule has 2 N–H and O–H groups in total. The molecule has 0 spiro atoms. The number of benzene rings is 1. The Morgan fingerprint density at radius 1 is 1.43 bits per heavy atom. The highest BCUT2D eigenvalue weighted by Crippen LogP contribution is 2.25. The van der Waals surface area contributed by atoms with Gasteiger partial charge in [-0.2, -0.15) is 5.10 Å².